The molecule has 3 fully saturated rings. The third-order valence-electron chi connectivity index (χ3n) is 5.41. The van der Waals surface area contributed by atoms with Crippen LogP contribution in [0, 0.1) is 0 Å². The fourth-order valence-electron chi connectivity index (χ4n) is 3.95. The Hall–Kier alpha value is -0.500. The SMILES string of the molecule is C=C1C[C@@H](C)OC2OC3CC(NC)C(O)C(NC)C3OC12C. The summed E-state index contributed by atoms with van der Waals surface area (Å²) in [4.78, 5) is 0. The molecule has 0 radical (unpaired) electrons. The quantitative estimate of drug-likeness (QED) is 0.631. The van der Waals surface area contributed by atoms with Crippen molar-refractivity contribution >= 4 is 0 Å². The highest BCUT2D eigenvalue weighted by Crippen LogP contribution is 2.44. The Bertz CT molecular complexity index is 446. The minimum absolute atomic E-state index is 0.0316. The number of likely N-dealkylation sites (N-methyl/N-ethyl adjacent to an activating group) is 2. The molecule has 2 heterocycles. The monoisotopic (exact) mass is 312 g/mol. The number of hydrogen-bond acceptors (Lipinski definition) is 6. The van der Waals surface area contributed by atoms with E-state index in [1.54, 1.807) is 0 Å². The lowest BCUT2D eigenvalue weighted by Gasteiger charge is -2.56. The first kappa shape index (κ1) is 16.4. The first-order chi connectivity index (χ1) is 10.4. The molecule has 0 aromatic rings. The van der Waals surface area contributed by atoms with Gasteiger partial charge in [-0.2, -0.15) is 0 Å². The molecule has 1 aliphatic carbocycles. The molecule has 0 bridgehead atoms. The first-order valence-corrected chi connectivity index (χ1v) is 8.10. The van der Waals surface area contributed by atoms with Crippen LogP contribution in [0.2, 0.25) is 0 Å². The summed E-state index contributed by atoms with van der Waals surface area (Å²) in [6.07, 6.45) is 0.234. The number of fused-ring (bicyclic) bond motifs is 2. The largest absolute Gasteiger partial charge is 0.390 e. The van der Waals surface area contributed by atoms with E-state index in [1.165, 1.54) is 0 Å². The van der Waals surface area contributed by atoms with Crippen LogP contribution >= 0.6 is 0 Å². The van der Waals surface area contributed by atoms with E-state index in [4.69, 9.17) is 14.2 Å². The Morgan fingerprint density at radius 2 is 2.00 bits per heavy atom. The van der Waals surface area contributed by atoms with Crippen LogP contribution in [0.25, 0.3) is 0 Å². The van der Waals surface area contributed by atoms with Crippen LogP contribution in [-0.4, -0.2) is 67.6 Å². The zero-order valence-corrected chi connectivity index (χ0v) is 13.8. The normalized spacial score (nSPS) is 52.0. The van der Waals surface area contributed by atoms with Gasteiger partial charge in [-0.3, -0.25) is 0 Å². The van der Waals surface area contributed by atoms with E-state index in [1.807, 2.05) is 27.9 Å². The van der Waals surface area contributed by atoms with Gasteiger partial charge < -0.3 is 30.0 Å². The predicted molar refractivity (Wildman–Crippen MR) is 82.6 cm³/mol. The summed E-state index contributed by atoms with van der Waals surface area (Å²) in [6.45, 7) is 8.18. The van der Waals surface area contributed by atoms with Crippen LogP contribution in [0.3, 0.4) is 0 Å². The van der Waals surface area contributed by atoms with Gasteiger partial charge in [-0.25, -0.2) is 0 Å². The standard InChI is InChI=1S/C16H28N2O4/c1-8-6-9(2)20-15-16(8,3)22-14-11(21-15)7-10(17-4)13(19)12(14)18-5/h9-15,17-19H,1,6-7H2,2-5H3/t9-,10?,11?,12?,13?,14?,15?,16?/m1/s1. The van der Waals surface area contributed by atoms with Gasteiger partial charge >= 0.3 is 0 Å². The molecule has 3 aliphatic rings. The topological polar surface area (TPSA) is 72.0 Å². The molecule has 3 N–H and O–H groups in total. The Balaban J connectivity index is 1.87. The third kappa shape index (κ3) is 2.42. The number of aliphatic hydroxyl groups is 1. The van der Waals surface area contributed by atoms with Crippen LogP contribution in [0.5, 0.6) is 0 Å². The molecule has 8 atom stereocenters. The Kier molecular flexibility index (Phi) is 4.35. The van der Waals surface area contributed by atoms with Gasteiger partial charge in [-0.1, -0.05) is 6.58 Å². The smallest absolute Gasteiger partial charge is 0.190 e. The maximum atomic E-state index is 10.5. The Labute approximate surface area is 132 Å². The first-order valence-electron chi connectivity index (χ1n) is 8.10. The van der Waals surface area contributed by atoms with Gasteiger partial charge in [0.2, 0.25) is 0 Å². The van der Waals surface area contributed by atoms with Gasteiger partial charge in [0.1, 0.15) is 11.7 Å². The van der Waals surface area contributed by atoms with E-state index in [2.05, 4.69) is 17.2 Å². The third-order valence-corrected chi connectivity index (χ3v) is 5.41. The maximum Gasteiger partial charge on any atom is 0.190 e. The molecular weight excluding hydrogens is 284 g/mol. The number of aliphatic hydroxyl groups excluding tert-OH is 1. The number of hydrogen-bond donors (Lipinski definition) is 3. The summed E-state index contributed by atoms with van der Waals surface area (Å²) in [5.41, 5.74) is 0.337. The minimum atomic E-state index is -0.658. The average molecular weight is 312 g/mol. The predicted octanol–water partition coefficient (Wildman–Crippen LogP) is 0.161. The molecule has 0 aromatic carbocycles. The zero-order valence-electron chi connectivity index (χ0n) is 13.8. The van der Waals surface area contributed by atoms with E-state index in [0.29, 0.717) is 6.42 Å². The van der Waals surface area contributed by atoms with Crippen molar-refractivity contribution in [1.82, 2.24) is 10.6 Å². The van der Waals surface area contributed by atoms with Crippen molar-refractivity contribution in [3.63, 3.8) is 0 Å². The van der Waals surface area contributed by atoms with Crippen LogP contribution < -0.4 is 10.6 Å². The zero-order chi connectivity index (χ0) is 16.1. The van der Waals surface area contributed by atoms with Crippen molar-refractivity contribution < 1.29 is 19.3 Å². The highest BCUT2D eigenvalue weighted by atomic mass is 16.7. The Morgan fingerprint density at radius 1 is 1.27 bits per heavy atom. The van der Waals surface area contributed by atoms with Crippen molar-refractivity contribution in [3.8, 4) is 0 Å². The molecule has 2 aliphatic heterocycles. The number of ether oxygens (including phenoxy) is 3. The van der Waals surface area contributed by atoms with Gasteiger partial charge in [0.15, 0.2) is 6.29 Å². The minimum Gasteiger partial charge on any atom is -0.390 e. The van der Waals surface area contributed by atoms with Gasteiger partial charge in [-0.15, -0.1) is 0 Å². The second kappa shape index (κ2) is 5.85. The lowest BCUT2D eigenvalue weighted by Crippen LogP contribution is -2.71. The number of nitrogens with one attached hydrogen (secondary N) is 2. The van der Waals surface area contributed by atoms with E-state index in [-0.39, 0.29) is 30.4 Å². The summed E-state index contributed by atoms with van der Waals surface area (Å²) in [7, 11) is 3.70. The summed E-state index contributed by atoms with van der Waals surface area (Å²) >= 11 is 0. The average Bonchev–Trinajstić information content (AvgIpc) is 2.47. The van der Waals surface area contributed by atoms with Crippen LogP contribution in [-0.2, 0) is 14.2 Å². The summed E-state index contributed by atoms with van der Waals surface area (Å²) in [5, 5.41) is 16.9. The van der Waals surface area contributed by atoms with Crippen LogP contribution in [0.15, 0.2) is 12.2 Å². The summed E-state index contributed by atoms with van der Waals surface area (Å²) in [6, 6.07) is -0.225. The fraction of sp³-hybridized carbons (Fsp3) is 0.875. The molecule has 126 valence electrons. The van der Waals surface area contributed by atoms with Crippen LogP contribution in [0.4, 0.5) is 0 Å². The molecule has 1 saturated carbocycles. The Morgan fingerprint density at radius 3 is 2.64 bits per heavy atom. The van der Waals surface area contributed by atoms with Gasteiger partial charge in [-0.05, 0) is 46.4 Å². The molecule has 6 nitrogen and oxygen atoms in total. The molecule has 0 spiro atoms. The highest BCUT2D eigenvalue weighted by molar-refractivity contribution is 5.20. The van der Waals surface area contributed by atoms with Gasteiger partial charge in [0.05, 0.1) is 24.4 Å². The van der Waals surface area contributed by atoms with Crippen molar-refractivity contribution in [1.29, 1.82) is 0 Å². The molecule has 3 rings (SSSR count). The molecule has 7 unspecified atom stereocenters. The van der Waals surface area contributed by atoms with Crippen molar-refractivity contribution in [2.45, 2.75) is 75.1 Å². The van der Waals surface area contributed by atoms with Crippen molar-refractivity contribution in [3.05, 3.63) is 12.2 Å². The van der Waals surface area contributed by atoms with Gasteiger partial charge in [0.25, 0.3) is 0 Å². The second-order valence-corrected chi connectivity index (χ2v) is 6.89. The molecule has 0 amide bonds. The maximum absolute atomic E-state index is 10.5. The van der Waals surface area contributed by atoms with E-state index >= 15 is 0 Å². The van der Waals surface area contributed by atoms with Crippen molar-refractivity contribution in [2.75, 3.05) is 14.1 Å². The second-order valence-electron chi connectivity index (χ2n) is 6.89. The summed E-state index contributed by atoms with van der Waals surface area (Å²) < 4.78 is 18.6. The van der Waals surface area contributed by atoms with Crippen LogP contribution in [0.1, 0.15) is 26.7 Å². The fourth-order valence-corrected chi connectivity index (χ4v) is 3.95. The highest BCUT2D eigenvalue weighted by Gasteiger charge is 2.57. The van der Waals surface area contributed by atoms with E-state index in [9.17, 15) is 5.11 Å². The lowest BCUT2D eigenvalue weighted by molar-refractivity contribution is -0.358. The molecule has 22 heavy (non-hydrogen) atoms. The molecule has 0 aromatic heterocycles. The summed E-state index contributed by atoms with van der Waals surface area (Å²) in [5.74, 6) is 0. The molecule has 2 saturated heterocycles. The lowest BCUT2D eigenvalue weighted by atomic mass is 9.80. The molecular formula is C16H28N2O4. The number of rotatable bonds is 2. The molecule has 6 heteroatoms. The van der Waals surface area contributed by atoms with Gasteiger partial charge in [0, 0.05) is 6.04 Å². The van der Waals surface area contributed by atoms with Crippen molar-refractivity contribution in [2.24, 2.45) is 0 Å². The van der Waals surface area contributed by atoms with E-state index < -0.39 is 18.0 Å². The van der Waals surface area contributed by atoms with E-state index in [0.717, 1.165) is 12.0 Å².